The van der Waals surface area contributed by atoms with Crippen LogP contribution < -0.4 is 10.5 Å². The Balaban J connectivity index is 1.68. The zero-order chi connectivity index (χ0) is 19.7. The van der Waals surface area contributed by atoms with E-state index in [1.807, 2.05) is 0 Å². The van der Waals surface area contributed by atoms with Gasteiger partial charge in [0.25, 0.3) is 0 Å². The Hall–Kier alpha value is -2.55. The van der Waals surface area contributed by atoms with Crippen molar-refractivity contribution in [2.24, 2.45) is 5.73 Å². The van der Waals surface area contributed by atoms with E-state index in [4.69, 9.17) is 25.2 Å². The number of amides is 1. The fourth-order valence-corrected chi connectivity index (χ4v) is 4.20. The van der Waals surface area contributed by atoms with Crippen LogP contribution >= 0.6 is 11.3 Å². The maximum absolute atomic E-state index is 11.3. The molecule has 0 spiro atoms. The molecule has 1 fully saturated rings. The van der Waals surface area contributed by atoms with Crippen LogP contribution in [0.25, 0.3) is 10.2 Å². The van der Waals surface area contributed by atoms with E-state index in [2.05, 4.69) is 18.7 Å². The van der Waals surface area contributed by atoms with Gasteiger partial charge in [0.15, 0.2) is 0 Å². The summed E-state index contributed by atoms with van der Waals surface area (Å²) in [5.74, 6) is 1.42. The van der Waals surface area contributed by atoms with Crippen molar-refractivity contribution in [2.75, 3.05) is 26.3 Å². The molecule has 2 N–H and O–H groups in total. The number of benzene rings is 1. The number of aromatic nitrogens is 2. The lowest BCUT2D eigenvalue weighted by molar-refractivity contribution is 0.0330. The van der Waals surface area contributed by atoms with Crippen molar-refractivity contribution in [3.8, 4) is 11.6 Å². The van der Waals surface area contributed by atoms with Gasteiger partial charge in [-0.15, -0.1) is 11.3 Å². The molecule has 0 saturated carbocycles. The molecular weight excluding hydrogens is 376 g/mol. The number of hydrogen-bond acceptors (Lipinski definition) is 7. The van der Waals surface area contributed by atoms with Gasteiger partial charge in [0.1, 0.15) is 16.4 Å². The third-order valence-corrected chi connectivity index (χ3v) is 5.97. The Morgan fingerprint density at radius 1 is 1.21 bits per heavy atom. The van der Waals surface area contributed by atoms with Gasteiger partial charge in [-0.25, -0.2) is 4.98 Å². The van der Waals surface area contributed by atoms with Crippen molar-refractivity contribution in [3.63, 3.8) is 0 Å². The van der Waals surface area contributed by atoms with E-state index < -0.39 is 5.91 Å². The van der Waals surface area contributed by atoms with Crippen LogP contribution in [0.1, 0.15) is 26.6 Å². The molecule has 3 heterocycles. The number of thiophene rings is 1. The summed E-state index contributed by atoms with van der Waals surface area (Å²) in [7, 11) is 0. The van der Waals surface area contributed by atoms with Gasteiger partial charge in [-0.2, -0.15) is 4.98 Å². The molecular formula is C20H22N4O3S. The monoisotopic (exact) mass is 398 g/mol. The molecule has 3 aromatic rings. The van der Waals surface area contributed by atoms with Crippen LogP contribution in [0.15, 0.2) is 24.3 Å². The lowest BCUT2D eigenvalue weighted by Gasteiger charge is -2.25. The predicted octanol–water partition coefficient (Wildman–Crippen LogP) is 3.03. The number of ether oxygens (including phenoxy) is 2. The van der Waals surface area contributed by atoms with Crippen LogP contribution in [0.5, 0.6) is 11.6 Å². The minimum absolute atomic E-state index is 0.441. The summed E-state index contributed by atoms with van der Waals surface area (Å²) < 4.78 is 11.5. The maximum atomic E-state index is 11.3. The van der Waals surface area contributed by atoms with Gasteiger partial charge in [0.2, 0.25) is 11.8 Å². The van der Waals surface area contributed by atoms with Crippen molar-refractivity contribution in [1.82, 2.24) is 14.9 Å². The number of rotatable bonds is 5. The van der Waals surface area contributed by atoms with Gasteiger partial charge < -0.3 is 15.2 Å². The first-order chi connectivity index (χ1) is 13.5. The molecule has 0 bridgehead atoms. The number of nitrogens with zero attached hydrogens (tertiary/aromatic N) is 3. The summed E-state index contributed by atoms with van der Waals surface area (Å²) in [6, 6.07) is 6.75. The third-order valence-electron chi connectivity index (χ3n) is 4.86. The highest BCUT2D eigenvalue weighted by atomic mass is 32.1. The average Bonchev–Trinajstić information content (AvgIpc) is 2.97. The van der Waals surface area contributed by atoms with Gasteiger partial charge in [0, 0.05) is 23.5 Å². The molecule has 0 aliphatic carbocycles. The number of morpholine rings is 1. The van der Waals surface area contributed by atoms with Crippen LogP contribution in [0.2, 0.25) is 0 Å². The highest BCUT2D eigenvalue weighted by Gasteiger charge is 2.19. The molecule has 7 nitrogen and oxygen atoms in total. The second-order valence-corrected chi connectivity index (χ2v) is 7.99. The van der Waals surface area contributed by atoms with E-state index in [1.165, 1.54) is 4.88 Å². The lowest BCUT2D eigenvalue weighted by atomic mass is 10.2. The summed E-state index contributed by atoms with van der Waals surface area (Å²) >= 11 is 1.65. The number of primary amides is 1. The zero-order valence-corrected chi connectivity index (χ0v) is 16.7. The van der Waals surface area contributed by atoms with E-state index >= 15 is 0 Å². The summed E-state index contributed by atoms with van der Waals surface area (Å²) in [5.41, 5.74) is 6.88. The van der Waals surface area contributed by atoms with Gasteiger partial charge in [-0.05, 0) is 43.7 Å². The minimum atomic E-state index is -0.465. The number of carbonyl (C=O) groups excluding carboxylic acids is 1. The molecule has 1 aliphatic heterocycles. The van der Waals surface area contributed by atoms with Gasteiger partial charge in [0.05, 0.1) is 25.1 Å². The van der Waals surface area contributed by atoms with Gasteiger partial charge in [-0.1, -0.05) is 0 Å². The molecule has 1 saturated heterocycles. The highest BCUT2D eigenvalue weighted by Crippen LogP contribution is 2.36. The van der Waals surface area contributed by atoms with E-state index in [0.717, 1.165) is 47.9 Å². The van der Waals surface area contributed by atoms with Crippen molar-refractivity contribution < 1.29 is 14.3 Å². The van der Waals surface area contributed by atoms with E-state index in [9.17, 15) is 4.79 Å². The molecule has 28 heavy (non-hydrogen) atoms. The average molecular weight is 398 g/mol. The van der Waals surface area contributed by atoms with Crippen LogP contribution in [-0.4, -0.2) is 47.1 Å². The Kier molecular flexibility index (Phi) is 5.25. The molecule has 0 atom stereocenters. The van der Waals surface area contributed by atoms with E-state index in [0.29, 0.717) is 23.7 Å². The molecule has 1 aromatic carbocycles. The molecule has 0 radical (unpaired) electrons. The fraction of sp³-hybridized carbons (Fsp3) is 0.350. The van der Waals surface area contributed by atoms with E-state index in [1.54, 1.807) is 35.6 Å². The van der Waals surface area contributed by atoms with Crippen molar-refractivity contribution >= 4 is 27.5 Å². The Morgan fingerprint density at radius 2 is 1.93 bits per heavy atom. The largest absolute Gasteiger partial charge is 0.438 e. The standard InChI is InChI=1S/C20H22N4O3S/c1-12-13(2)28-20-17(12)19(27-15-5-3-14(4-6-15)18(21)25)22-16(23-20)11-24-7-9-26-10-8-24/h3-6H,7-11H2,1-2H3,(H2,21,25). The number of hydrogen-bond donors (Lipinski definition) is 1. The number of carbonyl (C=O) groups is 1. The Morgan fingerprint density at radius 3 is 2.61 bits per heavy atom. The Labute approximate surface area is 167 Å². The molecule has 8 heteroatoms. The second kappa shape index (κ2) is 7.83. The second-order valence-electron chi connectivity index (χ2n) is 6.79. The SMILES string of the molecule is Cc1sc2nc(CN3CCOCC3)nc(Oc3ccc(C(N)=O)cc3)c2c1C. The van der Waals surface area contributed by atoms with Crippen LogP contribution in [0.4, 0.5) is 0 Å². The normalized spacial score (nSPS) is 15.1. The fourth-order valence-electron chi connectivity index (χ4n) is 3.16. The maximum Gasteiger partial charge on any atom is 0.248 e. The first-order valence-corrected chi connectivity index (χ1v) is 9.97. The molecule has 1 amide bonds. The topological polar surface area (TPSA) is 90.6 Å². The summed E-state index contributed by atoms with van der Waals surface area (Å²) in [6.45, 7) is 8.00. The van der Waals surface area contributed by atoms with Crippen molar-refractivity contribution in [2.45, 2.75) is 20.4 Å². The number of nitrogens with two attached hydrogens (primary N) is 1. The van der Waals surface area contributed by atoms with E-state index in [-0.39, 0.29) is 0 Å². The summed E-state index contributed by atoms with van der Waals surface area (Å²) in [4.78, 5) is 25.2. The minimum Gasteiger partial charge on any atom is -0.438 e. The number of aryl methyl sites for hydroxylation is 2. The smallest absolute Gasteiger partial charge is 0.248 e. The zero-order valence-electron chi connectivity index (χ0n) is 15.9. The molecule has 1 aliphatic rings. The predicted molar refractivity (Wildman–Crippen MR) is 108 cm³/mol. The first-order valence-electron chi connectivity index (χ1n) is 9.15. The summed E-state index contributed by atoms with van der Waals surface area (Å²) in [6.07, 6.45) is 0. The molecule has 0 unspecified atom stereocenters. The Bertz CT molecular complexity index is 1010. The highest BCUT2D eigenvalue weighted by molar-refractivity contribution is 7.18. The van der Waals surface area contributed by atoms with Crippen LogP contribution in [-0.2, 0) is 11.3 Å². The summed E-state index contributed by atoms with van der Waals surface area (Å²) in [5, 5.41) is 0.937. The first kappa shape index (κ1) is 18.8. The number of fused-ring (bicyclic) bond motifs is 1. The van der Waals surface area contributed by atoms with Crippen molar-refractivity contribution in [3.05, 3.63) is 46.1 Å². The van der Waals surface area contributed by atoms with Crippen molar-refractivity contribution in [1.29, 1.82) is 0 Å². The molecule has 146 valence electrons. The molecule has 4 rings (SSSR count). The lowest BCUT2D eigenvalue weighted by Crippen LogP contribution is -2.36. The van der Waals surface area contributed by atoms with Gasteiger partial charge >= 0.3 is 0 Å². The molecule has 2 aromatic heterocycles. The van der Waals surface area contributed by atoms with Gasteiger partial charge in [-0.3, -0.25) is 9.69 Å². The third kappa shape index (κ3) is 3.84. The van der Waals surface area contributed by atoms with Crippen LogP contribution in [0, 0.1) is 13.8 Å². The van der Waals surface area contributed by atoms with Crippen LogP contribution in [0.3, 0.4) is 0 Å². The quantitative estimate of drug-likeness (QED) is 0.710.